The van der Waals surface area contributed by atoms with Crippen LogP contribution in [0, 0.1) is 0 Å². The number of furan rings is 1. The predicted molar refractivity (Wildman–Crippen MR) is 109 cm³/mol. The molecular formula is C21H37NO3Si. The molecule has 1 aliphatic heterocycles. The molecule has 1 aromatic rings. The Balaban J connectivity index is 2.45. The fourth-order valence-corrected chi connectivity index (χ4v) is 9.85. The zero-order valence-electron chi connectivity index (χ0n) is 17.9. The molecule has 0 unspecified atom stereocenters. The highest BCUT2D eigenvalue weighted by Crippen LogP contribution is 2.45. The number of rotatable bonds is 7. The van der Waals surface area contributed by atoms with Crippen LogP contribution in [0.3, 0.4) is 0 Å². The monoisotopic (exact) mass is 379 g/mol. The van der Waals surface area contributed by atoms with Gasteiger partial charge in [-0.15, -0.1) is 0 Å². The van der Waals surface area contributed by atoms with Crippen molar-refractivity contribution in [2.75, 3.05) is 0 Å². The summed E-state index contributed by atoms with van der Waals surface area (Å²) in [5.41, 5.74) is 1.61. The van der Waals surface area contributed by atoms with Gasteiger partial charge in [0.25, 0.3) is 8.32 Å². The van der Waals surface area contributed by atoms with Gasteiger partial charge in [-0.1, -0.05) is 41.5 Å². The zero-order chi connectivity index (χ0) is 19.6. The minimum atomic E-state index is -2.02. The molecule has 148 valence electrons. The summed E-state index contributed by atoms with van der Waals surface area (Å²) in [5.74, 6) is 1.85. The standard InChI is InChI=1S/C21H37NO3Si/c1-14(2)22-18(9)20(13-21(24-22)19-11-10-12-23-19)25-26(15(3)4,16(5)6)17(7)8/h10-18,21H,1-9H3/t18-,21-/m1/s1. The van der Waals surface area contributed by atoms with Gasteiger partial charge in [0.1, 0.15) is 5.76 Å². The van der Waals surface area contributed by atoms with Crippen molar-refractivity contribution in [1.29, 1.82) is 0 Å². The molecule has 0 aromatic carbocycles. The molecule has 5 heteroatoms. The van der Waals surface area contributed by atoms with E-state index < -0.39 is 8.32 Å². The topological polar surface area (TPSA) is 34.8 Å². The average molecular weight is 380 g/mol. The van der Waals surface area contributed by atoms with Crippen molar-refractivity contribution in [3.05, 3.63) is 36.0 Å². The molecule has 0 saturated carbocycles. The van der Waals surface area contributed by atoms with Gasteiger partial charge in [0.15, 0.2) is 6.10 Å². The van der Waals surface area contributed by atoms with Crippen LogP contribution in [0.5, 0.6) is 0 Å². The first-order valence-corrected chi connectivity index (χ1v) is 12.1. The fraction of sp³-hybridized carbons (Fsp3) is 0.714. The van der Waals surface area contributed by atoms with E-state index in [-0.39, 0.29) is 18.2 Å². The second-order valence-corrected chi connectivity index (χ2v) is 14.0. The second kappa shape index (κ2) is 8.32. The number of hydrogen-bond donors (Lipinski definition) is 0. The molecule has 0 amide bonds. The Morgan fingerprint density at radius 3 is 2.00 bits per heavy atom. The Hall–Kier alpha value is -1.04. The van der Waals surface area contributed by atoms with Gasteiger partial charge >= 0.3 is 0 Å². The van der Waals surface area contributed by atoms with E-state index in [2.05, 4.69) is 68.4 Å². The van der Waals surface area contributed by atoms with Crippen molar-refractivity contribution in [3.63, 3.8) is 0 Å². The normalized spacial score (nSPS) is 22.6. The number of nitrogens with zero attached hydrogens (tertiary/aromatic N) is 1. The van der Waals surface area contributed by atoms with Crippen molar-refractivity contribution < 1.29 is 13.7 Å². The number of hydroxylamine groups is 2. The summed E-state index contributed by atoms with van der Waals surface area (Å²) >= 11 is 0. The second-order valence-electron chi connectivity index (χ2n) is 8.66. The third kappa shape index (κ3) is 3.95. The van der Waals surface area contributed by atoms with Crippen LogP contribution < -0.4 is 0 Å². The summed E-state index contributed by atoms with van der Waals surface area (Å²) in [4.78, 5) is 6.23. The van der Waals surface area contributed by atoms with Crippen molar-refractivity contribution in [1.82, 2.24) is 5.06 Å². The van der Waals surface area contributed by atoms with Crippen molar-refractivity contribution in [3.8, 4) is 0 Å². The molecule has 0 fully saturated rings. The van der Waals surface area contributed by atoms with Crippen LogP contribution in [0.15, 0.2) is 34.6 Å². The lowest BCUT2D eigenvalue weighted by Gasteiger charge is -2.47. The first-order chi connectivity index (χ1) is 12.1. The summed E-state index contributed by atoms with van der Waals surface area (Å²) in [5, 5.41) is 2.04. The zero-order valence-corrected chi connectivity index (χ0v) is 18.9. The van der Waals surface area contributed by atoms with Gasteiger partial charge in [-0.3, -0.25) is 4.84 Å². The van der Waals surface area contributed by atoms with Crippen LogP contribution in [0.1, 0.15) is 74.2 Å². The van der Waals surface area contributed by atoms with Crippen LogP contribution >= 0.6 is 0 Å². The van der Waals surface area contributed by atoms with Crippen molar-refractivity contribution in [2.24, 2.45) is 0 Å². The Labute approximate surface area is 160 Å². The van der Waals surface area contributed by atoms with E-state index >= 15 is 0 Å². The molecular weight excluding hydrogens is 342 g/mol. The Bertz CT molecular complexity index is 571. The Morgan fingerprint density at radius 2 is 1.58 bits per heavy atom. The van der Waals surface area contributed by atoms with Gasteiger partial charge in [0, 0.05) is 6.04 Å². The molecule has 0 spiro atoms. The third-order valence-electron chi connectivity index (χ3n) is 5.68. The van der Waals surface area contributed by atoms with Crippen LogP contribution in [0.2, 0.25) is 16.6 Å². The van der Waals surface area contributed by atoms with E-state index in [9.17, 15) is 0 Å². The van der Waals surface area contributed by atoms with Gasteiger partial charge in [0.2, 0.25) is 0 Å². The molecule has 0 N–H and O–H groups in total. The SMILES string of the molecule is CC(C)N1O[C@@H](c2ccco2)C=C(O[Si](C(C)C)(C(C)C)C(C)C)[C@H]1C. The summed E-state index contributed by atoms with van der Waals surface area (Å²) in [6, 6.07) is 4.21. The highest BCUT2D eigenvalue weighted by Gasteiger charge is 2.49. The van der Waals surface area contributed by atoms with Crippen LogP contribution in [-0.4, -0.2) is 25.5 Å². The molecule has 2 heterocycles. The molecule has 4 nitrogen and oxygen atoms in total. The van der Waals surface area contributed by atoms with Crippen LogP contribution in [-0.2, 0) is 9.26 Å². The molecule has 0 bridgehead atoms. The summed E-state index contributed by atoms with van der Waals surface area (Å²) < 4.78 is 12.6. The van der Waals surface area contributed by atoms with E-state index in [1.165, 1.54) is 0 Å². The quantitative estimate of drug-likeness (QED) is 0.511. The third-order valence-corrected chi connectivity index (χ3v) is 11.7. The van der Waals surface area contributed by atoms with Gasteiger partial charge < -0.3 is 8.84 Å². The molecule has 1 aliphatic rings. The molecule has 0 saturated heterocycles. The van der Waals surface area contributed by atoms with Crippen molar-refractivity contribution in [2.45, 2.75) is 97.1 Å². The van der Waals surface area contributed by atoms with Gasteiger partial charge in [-0.25, -0.2) is 0 Å². The van der Waals surface area contributed by atoms with E-state index in [0.717, 1.165) is 11.5 Å². The maximum Gasteiger partial charge on any atom is 0.258 e. The van der Waals surface area contributed by atoms with Crippen LogP contribution in [0.25, 0.3) is 0 Å². The lowest BCUT2D eigenvalue weighted by molar-refractivity contribution is -0.237. The van der Waals surface area contributed by atoms with E-state index in [0.29, 0.717) is 16.6 Å². The fourth-order valence-electron chi connectivity index (χ4n) is 4.50. The largest absolute Gasteiger partial charge is 0.545 e. The van der Waals surface area contributed by atoms with Crippen molar-refractivity contribution >= 4 is 8.32 Å². The Morgan fingerprint density at radius 1 is 1.00 bits per heavy atom. The first-order valence-electron chi connectivity index (χ1n) is 10.00. The molecule has 2 rings (SSSR count). The minimum Gasteiger partial charge on any atom is -0.545 e. The van der Waals surface area contributed by atoms with Gasteiger partial charge in [-0.2, -0.15) is 5.06 Å². The van der Waals surface area contributed by atoms with E-state index in [1.54, 1.807) is 6.26 Å². The Kier molecular flexibility index (Phi) is 6.80. The molecule has 26 heavy (non-hydrogen) atoms. The maximum atomic E-state index is 7.02. The highest BCUT2D eigenvalue weighted by molar-refractivity contribution is 6.77. The first kappa shape index (κ1) is 21.3. The molecule has 1 aromatic heterocycles. The van der Waals surface area contributed by atoms with Crippen LogP contribution in [0.4, 0.5) is 0 Å². The van der Waals surface area contributed by atoms with E-state index in [4.69, 9.17) is 13.7 Å². The average Bonchev–Trinajstić information content (AvgIpc) is 3.06. The lowest BCUT2D eigenvalue weighted by Crippen LogP contribution is -2.51. The summed E-state index contributed by atoms with van der Waals surface area (Å²) in [7, 11) is -2.02. The smallest absolute Gasteiger partial charge is 0.258 e. The number of hydrogen-bond acceptors (Lipinski definition) is 4. The predicted octanol–water partition coefficient (Wildman–Crippen LogP) is 6.44. The minimum absolute atomic E-state index is 0.0873. The van der Waals surface area contributed by atoms with Gasteiger partial charge in [-0.05, 0) is 55.6 Å². The lowest BCUT2D eigenvalue weighted by atomic mass is 10.1. The molecule has 2 atom stereocenters. The highest BCUT2D eigenvalue weighted by atomic mass is 28.4. The summed E-state index contributed by atoms with van der Waals surface area (Å²) in [6.07, 6.45) is 3.58. The molecule has 0 aliphatic carbocycles. The maximum absolute atomic E-state index is 7.02. The summed E-state index contributed by atoms with van der Waals surface area (Å²) in [6.45, 7) is 20.4. The molecule has 0 radical (unpaired) electrons. The van der Waals surface area contributed by atoms with Gasteiger partial charge in [0.05, 0.1) is 18.1 Å². The van der Waals surface area contributed by atoms with E-state index in [1.807, 2.05) is 17.2 Å².